The van der Waals surface area contributed by atoms with Gasteiger partial charge in [-0.05, 0) is 37.9 Å². The largest absolute Gasteiger partial charge is 0.309 e. The normalized spacial score (nSPS) is 18.1. The van der Waals surface area contributed by atoms with Crippen LogP contribution >= 0.6 is 11.8 Å². The molecule has 1 aliphatic rings. The van der Waals surface area contributed by atoms with Crippen molar-refractivity contribution in [2.45, 2.75) is 62.1 Å². The third kappa shape index (κ3) is 3.72. The van der Waals surface area contributed by atoms with Gasteiger partial charge in [0.05, 0.1) is 5.69 Å². The van der Waals surface area contributed by atoms with Gasteiger partial charge in [-0.25, -0.2) is 0 Å². The molecule has 100 valence electrons. The summed E-state index contributed by atoms with van der Waals surface area (Å²) < 4.78 is 0. The number of nitrogens with zero attached hydrogens (tertiary/aromatic N) is 1. The van der Waals surface area contributed by atoms with Gasteiger partial charge in [0.15, 0.2) is 0 Å². The number of nitrogens with one attached hydrogen (secondary N) is 1. The van der Waals surface area contributed by atoms with Crippen LogP contribution in [-0.2, 0) is 0 Å². The van der Waals surface area contributed by atoms with E-state index in [0.717, 1.165) is 18.2 Å². The Morgan fingerprint density at radius 1 is 1.33 bits per heavy atom. The van der Waals surface area contributed by atoms with Crippen molar-refractivity contribution in [3.63, 3.8) is 0 Å². The van der Waals surface area contributed by atoms with E-state index in [1.54, 1.807) is 0 Å². The minimum absolute atomic E-state index is 0.403. The van der Waals surface area contributed by atoms with Crippen molar-refractivity contribution in [1.29, 1.82) is 0 Å². The average Bonchev–Trinajstić information content (AvgIpc) is 2.90. The minimum atomic E-state index is 0.403. The summed E-state index contributed by atoms with van der Waals surface area (Å²) in [4.78, 5) is 5.96. The Balaban J connectivity index is 1.95. The third-order valence-electron chi connectivity index (χ3n) is 3.58. The Morgan fingerprint density at radius 3 is 2.67 bits per heavy atom. The molecule has 1 unspecified atom stereocenters. The lowest BCUT2D eigenvalue weighted by atomic mass is 10.1. The molecule has 1 aromatic rings. The number of thioether (sulfide) groups is 1. The van der Waals surface area contributed by atoms with Crippen molar-refractivity contribution < 1.29 is 0 Å². The molecule has 0 spiro atoms. The van der Waals surface area contributed by atoms with E-state index in [4.69, 9.17) is 0 Å². The van der Waals surface area contributed by atoms with Crippen molar-refractivity contribution in [3.05, 3.63) is 24.0 Å². The van der Waals surface area contributed by atoms with Crippen LogP contribution < -0.4 is 5.32 Å². The summed E-state index contributed by atoms with van der Waals surface area (Å²) in [6.45, 7) is 5.35. The molecule has 1 N–H and O–H groups in total. The highest BCUT2D eigenvalue weighted by atomic mass is 32.2. The van der Waals surface area contributed by atoms with Crippen LogP contribution in [0.4, 0.5) is 0 Å². The van der Waals surface area contributed by atoms with Crippen LogP contribution in [0.15, 0.2) is 23.2 Å². The molecule has 1 saturated carbocycles. The molecule has 0 radical (unpaired) electrons. The summed E-state index contributed by atoms with van der Waals surface area (Å²) in [5, 5.41) is 4.30. The molecule has 3 heteroatoms. The van der Waals surface area contributed by atoms with Crippen LogP contribution in [0.3, 0.4) is 0 Å². The SMILES string of the molecule is CCNC(CC)c1ccc(SC2CCCC2)cn1. The zero-order chi connectivity index (χ0) is 12.8. The van der Waals surface area contributed by atoms with E-state index >= 15 is 0 Å². The molecule has 0 bridgehead atoms. The first-order valence-electron chi connectivity index (χ1n) is 7.19. The molecule has 1 atom stereocenters. The molecule has 1 aliphatic carbocycles. The highest BCUT2D eigenvalue weighted by molar-refractivity contribution is 8.00. The van der Waals surface area contributed by atoms with Crippen LogP contribution in [0, 0.1) is 0 Å². The van der Waals surface area contributed by atoms with E-state index in [0.29, 0.717) is 6.04 Å². The summed E-state index contributed by atoms with van der Waals surface area (Å²) in [5.74, 6) is 0. The summed E-state index contributed by atoms with van der Waals surface area (Å²) in [6, 6.07) is 4.83. The van der Waals surface area contributed by atoms with Crippen LogP contribution in [0.5, 0.6) is 0 Å². The molecule has 2 rings (SSSR count). The molecule has 1 aromatic heterocycles. The van der Waals surface area contributed by atoms with Gasteiger partial charge in [-0.15, -0.1) is 11.8 Å². The van der Waals surface area contributed by atoms with Crippen molar-refractivity contribution in [2.24, 2.45) is 0 Å². The molecule has 0 aliphatic heterocycles. The molecular formula is C15H24N2S. The zero-order valence-corrected chi connectivity index (χ0v) is 12.3. The standard InChI is InChI=1S/C15H24N2S/c1-3-14(16-4-2)15-10-9-13(11-17-15)18-12-7-5-6-8-12/h9-12,14,16H,3-8H2,1-2H3. The van der Waals surface area contributed by atoms with E-state index in [9.17, 15) is 0 Å². The van der Waals surface area contributed by atoms with Gasteiger partial charge in [0.2, 0.25) is 0 Å². The van der Waals surface area contributed by atoms with E-state index in [-0.39, 0.29) is 0 Å². The number of hydrogen-bond donors (Lipinski definition) is 1. The Bertz CT molecular complexity index is 344. The molecule has 1 heterocycles. The van der Waals surface area contributed by atoms with Gasteiger partial charge in [0, 0.05) is 22.4 Å². The van der Waals surface area contributed by atoms with Crippen molar-refractivity contribution in [3.8, 4) is 0 Å². The Morgan fingerprint density at radius 2 is 2.11 bits per heavy atom. The zero-order valence-electron chi connectivity index (χ0n) is 11.5. The van der Waals surface area contributed by atoms with Gasteiger partial charge in [-0.3, -0.25) is 4.98 Å². The second kappa shape index (κ2) is 7.15. The monoisotopic (exact) mass is 264 g/mol. The first kappa shape index (κ1) is 13.9. The van der Waals surface area contributed by atoms with Gasteiger partial charge in [0.1, 0.15) is 0 Å². The average molecular weight is 264 g/mol. The van der Waals surface area contributed by atoms with Gasteiger partial charge in [-0.2, -0.15) is 0 Å². The Hall–Kier alpha value is -0.540. The summed E-state index contributed by atoms with van der Waals surface area (Å²) in [6.07, 6.45) is 8.71. The van der Waals surface area contributed by atoms with Crippen molar-refractivity contribution in [2.75, 3.05) is 6.54 Å². The quantitative estimate of drug-likeness (QED) is 0.834. The summed E-state index contributed by atoms with van der Waals surface area (Å²) >= 11 is 2.01. The predicted octanol–water partition coefficient (Wildman–Crippen LogP) is 4.18. The molecule has 0 saturated heterocycles. The summed E-state index contributed by atoms with van der Waals surface area (Å²) in [5.41, 5.74) is 1.18. The van der Waals surface area contributed by atoms with E-state index in [1.807, 2.05) is 11.8 Å². The highest BCUT2D eigenvalue weighted by Crippen LogP contribution is 2.34. The maximum Gasteiger partial charge on any atom is 0.0573 e. The van der Waals surface area contributed by atoms with E-state index < -0.39 is 0 Å². The van der Waals surface area contributed by atoms with Gasteiger partial charge in [-0.1, -0.05) is 26.7 Å². The van der Waals surface area contributed by atoms with Gasteiger partial charge < -0.3 is 5.32 Å². The minimum Gasteiger partial charge on any atom is -0.309 e. The van der Waals surface area contributed by atoms with E-state index in [1.165, 1.54) is 36.3 Å². The predicted molar refractivity (Wildman–Crippen MR) is 79.1 cm³/mol. The first-order chi connectivity index (χ1) is 8.83. The fourth-order valence-corrected chi connectivity index (χ4v) is 3.78. The maximum absolute atomic E-state index is 4.63. The van der Waals surface area contributed by atoms with Gasteiger partial charge in [0.25, 0.3) is 0 Å². The van der Waals surface area contributed by atoms with Gasteiger partial charge >= 0.3 is 0 Å². The smallest absolute Gasteiger partial charge is 0.0573 e. The second-order valence-electron chi connectivity index (χ2n) is 4.96. The number of rotatable bonds is 6. The summed E-state index contributed by atoms with van der Waals surface area (Å²) in [7, 11) is 0. The first-order valence-corrected chi connectivity index (χ1v) is 8.07. The lowest BCUT2D eigenvalue weighted by molar-refractivity contribution is 0.524. The Kier molecular flexibility index (Phi) is 5.51. The molecular weight excluding hydrogens is 240 g/mol. The lowest BCUT2D eigenvalue weighted by Gasteiger charge is -2.15. The van der Waals surface area contributed by atoms with Crippen molar-refractivity contribution in [1.82, 2.24) is 10.3 Å². The van der Waals surface area contributed by atoms with Crippen LogP contribution in [-0.4, -0.2) is 16.8 Å². The molecule has 0 aromatic carbocycles. The number of aromatic nitrogens is 1. The lowest BCUT2D eigenvalue weighted by Crippen LogP contribution is -2.20. The maximum atomic E-state index is 4.63. The second-order valence-corrected chi connectivity index (χ2v) is 6.34. The van der Waals surface area contributed by atoms with Crippen LogP contribution in [0.2, 0.25) is 0 Å². The highest BCUT2D eigenvalue weighted by Gasteiger charge is 2.16. The molecule has 0 amide bonds. The van der Waals surface area contributed by atoms with Crippen LogP contribution in [0.25, 0.3) is 0 Å². The van der Waals surface area contributed by atoms with E-state index in [2.05, 4.69) is 42.5 Å². The number of pyridine rings is 1. The van der Waals surface area contributed by atoms with Crippen molar-refractivity contribution >= 4 is 11.8 Å². The Labute approximate surface area is 115 Å². The molecule has 2 nitrogen and oxygen atoms in total. The third-order valence-corrected chi connectivity index (χ3v) is 4.90. The fraction of sp³-hybridized carbons (Fsp3) is 0.667. The topological polar surface area (TPSA) is 24.9 Å². The van der Waals surface area contributed by atoms with Crippen LogP contribution in [0.1, 0.15) is 57.7 Å². The number of hydrogen-bond acceptors (Lipinski definition) is 3. The molecule has 18 heavy (non-hydrogen) atoms. The fourth-order valence-electron chi connectivity index (χ4n) is 2.57. The molecule has 1 fully saturated rings.